The molecule has 0 atom stereocenters. The molecule has 0 aliphatic carbocycles. The Morgan fingerprint density at radius 1 is 0.667 bits per heavy atom. The Hall–Kier alpha value is 0.0643. The Kier molecular flexibility index (Phi) is 47.0. The molecule has 0 unspecified atom stereocenters. The molecule has 6 heteroatoms. The summed E-state index contributed by atoms with van der Waals surface area (Å²) in [5.74, 6) is -0.653. The molecule has 0 rings (SSSR count). The second kappa shape index (κ2) is 33.6. The predicted octanol–water partition coefficient (Wildman–Crippen LogP) is 6.36. The smallest absolute Gasteiger partial charge is 0.303 e. The molecule has 0 aromatic carbocycles. The minimum Gasteiger partial charge on any atom is -0.870 e. The Morgan fingerprint density at radius 3 is 1.11 bits per heavy atom. The van der Waals surface area contributed by atoms with Crippen molar-refractivity contribution in [2.45, 2.75) is 130 Å². The van der Waals surface area contributed by atoms with Gasteiger partial charge < -0.3 is 21.2 Å². The van der Waals surface area contributed by atoms with Crippen molar-refractivity contribution in [3.05, 3.63) is 0 Å². The summed E-state index contributed by atoms with van der Waals surface area (Å²) in [5.41, 5.74) is 0. The quantitative estimate of drug-likeness (QED) is 0.220. The standard InChI is InChI=1S/C18H36O2.C3H8O.2H2O.Ti/c1-2-3-4-5-6-7-8-9-10-11-12-13-14-15-16-17-18(19)20;1-3(2)4;;;/h2-17H2,1H3,(H,19,20);3-4H,1-2H3;2*1H2;/p-2. The van der Waals surface area contributed by atoms with E-state index in [1.807, 2.05) is 0 Å². The first-order valence-electron chi connectivity index (χ1n) is 10.4. The minimum absolute atomic E-state index is 0. The maximum Gasteiger partial charge on any atom is 0.303 e. The van der Waals surface area contributed by atoms with Crippen LogP contribution in [-0.2, 0) is 26.5 Å². The van der Waals surface area contributed by atoms with Gasteiger partial charge in [0.1, 0.15) is 0 Å². The molecule has 0 aliphatic rings. The Bertz CT molecular complexity index is 248. The zero-order chi connectivity index (χ0) is 18.5. The van der Waals surface area contributed by atoms with Crippen LogP contribution in [0, 0.1) is 0 Å². The first kappa shape index (κ1) is 37.8. The molecule has 0 fully saturated rings. The maximum absolute atomic E-state index is 10.3. The van der Waals surface area contributed by atoms with Crippen LogP contribution < -0.4 is 0 Å². The van der Waals surface area contributed by atoms with Crippen LogP contribution in [0.3, 0.4) is 0 Å². The van der Waals surface area contributed by atoms with Gasteiger partial charge in [-0.3, -0.25) is 4.79 Å². The van der Waals surface area contributed by atoms with Crippen LogP contribution >= 0.6 is 0 Å². The summed E-state index contributed by atoms with van der Waals surface area (Å²) in [6.07, 6.45) is 20.0. The van der Waals surface area contributed by atoms with Crippen molar-refractivity contribution in [1.82, 2.24) is 0 Å². The number of rotatable bonds is 16. The van der Waals surface area contributed by atoms with Gasteiger partial charge in [0.2, 0.25) is 0 Å². The molecule has 0 aromatic rings. The van der Waals surface area contributed by atoms with Crippen molar-refractivity contribution in [2.75, 3.05) is 0 Å². The fourth-order valence-electron chi connectivity index (χ4n) is 2.65. The normalized spacial score (nSPS) is 9.37. The van der Waals surface area contributed by atoms with Gasteiger partial charge in [-0.1, -0.05) is 96.8 Å². The number of carboxylic acid groups (broad SMARTS) is 1. The number of aliphatic carboxylic acids is 1. The van der Waals surface area contributed by atoms with Crippen LogP contribution in [0.1, 0.15) is 124 Å². The monoisotopic (exact) mass is 426 g/mol. The largest absolute Gasteiger partial charge is 0.870 e. The van der Waals surface area contributed by atoms with Crippen LogP contribution in [0.25, 0.3) is 0 Å². The van der Waals surface area contributed by atoms with Crippen LogP contribution in [0.4, 0.5) is 0 Å². The second-order valence-electron chi connectivity index (χ2n) is 7.19. The van der Waals surface area contributed by atoms with Gasteiger partial charge in [-0.25, -0.2) is 0 Å². The first-order valence-corrected chi connectivity index (χ1v) is 10.4. The van der Waals surface area contributed by atoms with E-state index in [1.165, 1.54) is 83.5 Å². The molecular weight excluding hydrogens is 380 g/mol. The molecule has 0 saturated carbocycles. The molecule has 0 heterocycles. The predicted molar refractivity (Wildman–Crippen MR) is 108 cm³/mol. The van der Waals surface area contributed by atoms with Crippen LogP contribution in [0.15, 0.2) is 0 Å². The Morgan fingerprint density at radius 2 is 0.889 bits per heavy atom. The van der Waals surface area contributed by atoms with Gasteiger partial charge >= 0.3 is 5.97 Å². The topological polar surface area (TPSA) is 118 Å². The van der Waals surface area contributed by atoms with E-state index >= 15 is 0 Å². The summed E-state index contributed by atoms with van der Waals surface area (Å²) in [6.45, 7) is 5.71. The molecule has 0 saturated heterocycles. The van der Waals surface area contributed by atoms with Crippen molar-refractivity contribution >= 4 is 5.97 Å². The van der Waals surface area contributed by atoms with E-state index in [0.29, 0.717) is 6.42 Å². The summed E-state index contributed by atoms with van der Waals surface area (Å²) in [5, 5.41) is 16.6. The van der Waals surface area contributed by atoms with Gasteiger partial charge in [0.05, 0.1) is 0 Å². The van der Waals surface area contributed by atoms with Gasteiger partial charge in [-0.05, 0) is 20.3 Å². The zero-order valence-electron chi connectivity index (χ0n) is 18.1. The molecule has 166 valence electrons. The van der Waals surface area contributed by atoms with E-state index in [-0.39, 0.29) is 38.8 Å². The second-order valence-corrected chi connectivity index (χ2v) is 7.19. The number of hydrogen-bond donors (Lipinski definition) is 2. The van der Waals surface area contributed by atoms with E-state index in [2.05, 4.69) is 6.92 Å². The van der Waals surface area contributed by atoms with E-state index < -0.39 is 5.97 Å². The maximum atomic E-state index is 10.3. The fourth-order valence-corrected chi connectivity index (χ4v) is 2.65. The van der Waals surface area contributed by atoms with Crippen LogP contribution in [-0.4, -0.2) is 33.2 Å². The van der Waals surface area contributed by atoms with E-state index in [0.717, 1.165) is 12.8 Å². The van der Waals surface area contributed by atoms with Gasteiger partial charge in [0.25, 0.3) is 0 Å². The molecule has 0 spiro atoms. The number of hydrogen-bond acceptors (Lipinski definition) is 4. The third-order valence-corrected chi connectivity index (χ3v) is 3.99. The summed E-state index contributed by atoms with van der Waals surface area (Å²) in [6, 6.07) is 0. The number of carbonyl (C=O) groups is 1. The minimum atomic E-state index is -0.653. The van der Waals surface area contributed by atoms with Crippen LogP contribution in [0.2, 0.25) is 0 Å². The summed E-state index contributed by atoms with van der Waals surface area (Å²) in [4.78, 5) is 10.3. The van der Waals surface area contributed by atoms with E-state index in [1.54, 1.807) is 13.8 Å². The third-order valence-electron chi connectivity index (χ3n) is 3.99. The van der Waals surface area contributed by atoms with Crippen LogP contribution in [0.5, 0.6) is 0 Å². The fraction of sp³-hybridized carbons (Fsp3) is 0.952. The molecular formula is C21H46O5Ti-2. The Labute approximate surface area is 183 Å². The average molecular weight is 426 g/mol. The molecule has 4 N–H and O–H groups in total. The SMILES string of the molecule is CC(C)O.CCCCCCCCCCCCCCCCCC(=O)O.[OH-].[OH-].[Ti]. The van der Waals surface area contributed by atoms with Gasteiger partial charge in [-0.15, -0.1) is 0 Å². The molecule has 0 radical (unpaired) electrons. The summed E-state index contributed by atoms with van der Waals surface area (Å²) in [7, 11) is 0. The molecule has 0 bridgehead atoms. The van der Waals surface area contributed by atoms with Crippen molar-refractivity contribution < 1.29 is 47.7 Å². The zero-order valence-corrected chi connectivity index (χ0v) is 19.6. The van der Waals surface area contributed by atoms with Gasteiger partial charge in [0, 0.05) is 34.2 Å². The van der Waals surface area contributed by atoms with E-state index in [9.17, 15) is 4.79 Å². The number of unbranched alkanes of at least 4 members (excludes halogenated alkanes) is 14. The van der Waals surface area contributed by atoms with Crippen molar-refractivity contribution in [3.63, 3.8) is 0 Å². The van der Waals surface area contributed by atoms with Crippen molar-refractivity contribution in [3.8, 4) is 0 Å². The molecule has 5 nitrogen and oxygen atoms in total. The van der Waals surface area contributed by atoms with Crippen molar-refractivity contribution in [1.29, 1.82) is 0 Å². The average Bonchev–Trinajstić information content (AvgIpc) is 2.50. The summed E-state index contributed by atoms with van der Waals surface area (Å²) < 4.78 is 0. The Balaban J connectivity index is -0.000000209. The van der Waals surface area contributed by atoms with Gasteiger partial charge in [0.15, 0.2) is 0 Å². The summed E-state index contributed by atoms with van der Waals surface area (Å²) >= 11 is 0. The molecule has 0 aliphatic heterocycles. The number of aliphatic hydroxyl groups is 1. The van der Waals surface area contributed by atoms with Crippen molar-refractivity contribution in [2.24, 2.45) is 0 Å². The number of aliphatic hydroxyl groups excluding tert-OH is 1. The molecule has 0 aromatic heterocycles. The number of carboxylic acids is 1. The first-order chi connectivity index (χ1) is 11.5. The molecule has 0 amide bonds. The van der Waals surface area contributed by atoms with E-state index in [4.69, 9.17) is 10.2 Å². The molecule has 27 heavy (non-hydrogen) atoms. The van der Waals surface area contributed by atoms with Gasteiger partial charge in [-0.2, -0.15) is 0 Å². The third kappa shape index (κ3) is 51.8.